The molecule has 35 heavy (non-hydrogen) atoms. The highest BCUT2D eigenvalue weighted by Gasteiger charge is 2.20. The van der Waals surface area contributed by atoms with Crippen LogP contribution < -0.4 is 0 Å². The molecule has 0 aliphatic carbocycles. The number of thioether (sulfide) groups is 2. The van der Waals surface area contributed by atoms with Crippen molar-refractivity contribution in [3.8, 4) is 10.8 Å². The van der Waals surface area contributed by atoms with Gasteiger partial charge < -0.3 is 14.1 Å². The maximum absolute atomic E-state index is 12.0. The number of nitrogens with zero attached hydrogens (tertiary/aromatic N) is 2. The number of esters is 1. The van der Waals surface area contributed by atoms with E-state index >= 15 is 0 Å². The van der Waals surface area contributed by atoms with Gasteiger partial charge in [-0.15, -0.1) is 34.9 Å². The molecule has 0 aliphatic rings. The molecule has 1 atom stereocenters. The maximum Gasteiger partial charge on any atom is 0.305 e. The second-order valence-electron chi connectivity index (χ2n) is 9.49. The topological polar surface area (TPSA) is 72.6 Å². The molecule has 3 aromatic rings. The molecule has 0 N–H and O–H groups in total. The predicted octanol–water partition coefficient (Wildman–Crippen LogP) is 6.75. The number of amides is 1. The van der Waals surface area contributed by atoms with Crippen LogP contribution in [0.5, 0.6) is 0 Å². The fraction of sp³-hybridized carbons (Fsp3) is 0.500. The number of hydrogen-bond donors (Lipinski definition) is 0. The van der Waals surface area contributed by atoms with Gasteiger partial charge in [-0.2, -0.15) is 0 Å². The minimum absolute atomic E-state index is 0.00254. The molecule has 0 saturated heterocycles. The average molecular weight is 535 g/mol. The lowest BCUT2D eigenvalue weighted by Crippen LogP contribution is -2.21. The van der Waals surface area contributed by atoms with E-state index in [1.54, 1.807) is 53.9 Å². The number of thiazole rings is 1. The number of methoxy groups -OCH3 is 1. The van der Waals surface area contributed by atoms with Crippen LogP contribution in [0, 0.1) is 0 Å². The summed E-state index contributed by atoms with van der Waals surface area (Å²) in [7, 11) is 4.98. The molecule has 9 heteroatoms. The Balaban J connectivity index is 1.77. The van der Waals surface area contributed by atoms with Crippen molar-refractivity contribution in [2.45, 2.75) is 50.0 Å². The molecule has 2 heterocycles. The predicted molar refractivity (Wildman–Crippen MR) is 148 cm³/mol. The van der Waals surface area contributed by atoms with Crippen molar-refractivity contribution in [2.24, 2.45) is 0 Å². The van der Waals surface area contributed by atoms with Crippen LogP contribution in [0.15, 0.2) is 34.1 Å². The van der Waals surface area contributed by atoms with Crippen LogP contribution in [-0.2, 0) is 19.7 Å². The molecule has 3 rings (SSSR count). The smallest absolute Gasteiger partial charge is 0.305 e. The van der Waals surface area contributed by atoms with Crippen LogP contribution >= 0.6 is 34.9 Å². The van der Waals surface area contributed by atoms with E-state index in [0.29, 0.717) is 12.8 Å². The number of benzene rings is 1. The molecule has 0 saturated carbocycles. The third kappa shape index (κ3) is 7.75. The molecule has 1 unspecified atom stereocenters. The monoisotopic (exact) mass is 534 g/mol. The fourth-order valence-electron chi connectivity index (χ4n) is 3.27. The van der Waals surface area contributed by atoms with Gasteiger partial charge in [0.2, 0.25) is 5.91 Å². The van der Waals surface area contributed by atoms with Crippen molar-refractivity contribution in [3.63, 3.8) is 0 Å². The summed E-state index contributed by atoms with van der Waals surface area (Å²) in [5.74, 6) is 2.28. The third-order valence-electron chi connectivity index (χ3n) is 5.40. The Hall–Kier alpha value is -1.97. The number of carbonyl (C=O) groups is 2. The zero-order valence-corrected chi connectivity index (χ0v) is 23.7. The van der Waals surface area contributed by atoms with Gasteiger partial charge in [-0.05, 0) is 35.9 Å². The molecule has 0 bridgehead atoms. The van der Waals surface area contributed by atoms with Crippen LogP contribution in [0.4, 0.5) is 0 Å². The first kappa shape index (κ1) is 27.6. The van der Waals surface area contributed by atoms with E-state index in [-0.39, 0.29) is 21.9 Å². The lowest BCUT2D eigenvalue weighted by Gasteiger charge is -2.17. The van der Waals surface area contributed by atoms with Gasteiger partial charge >= 0.3 is 5.97 Å². The standard InChI is InChI=1S/C26H34N2O4S3/c1-26(2,3)21-16-35-24(27-21)20-15-18-14-17(9-10-19(18)32-20)25(33-12-7-8-23(30)31-6)34-13-11-22(29)28(4)5/h9-10,14-16,25H,7-8,11-13H2,1-6H3. The van der Waals surface area contributed by atoms with E-state index in [0.717, 1.165) is 45.4 Å². The van der Waals surface area contributed by atoms with Gasteiger partial charge in [-0.1, -0.05) is 26.8 Å². The van der Waals surface area contributed by atoms with E-state index in [9.17, 15) is 9.59 Å². The molecule has 2 aromatic heterocycles. The van der Waals surface area contributed by atoms with E-state index in [1.165, 1.54) is 12.7 Å². The summed E-state index contributed by atoms with van der Waals surface area (Å²) in [6, 6.07) is 8.33. The Labute approximate surface area is 220 Å². The highest BCUT2D eigenvalue weighted by molar-refractivity contribution is 8.16. The summed E-state index contributed by atoms with van der Waals surface area (Å²) in [4.78, 5) is 29.9. The van der Waals surface area contributed by atoms with Crippen molar-refractivity contribution in [1.29, 1.82) is 0 Å². The second-order valence-corrected chi connectivity index (χ2v) is 13.1. The lowest BCUT2D eigenvalue weighted by atomic mass is 9.93. The summed E-state index contributed by atoms with van der Waals surface area (Å²) >= 11 is 5.16. The summed E-state index contributed by atoms with van der Waals surface area (Å²) in [6.45, 7) is 6.47. The van der Waals surface area contributed by atoms with Crippen molar-refractivity contribution in [3.05, 3.63) is 40.9 Å². The van der Waals surface area contributed by atoms with Gasteiger partial charge in [-0.3, -0.25) is 9.59 Å². The molecule has 1 amide bonds. The van der Waals surface area contributed by atoms with Crippen molar-refractivity contribution in [1.82, 2.24) is 9.88 Å². The number of ether oxygens (including phenoxy) is 1. The number of furan rings is 1. The quantitative estimate of drug-likeness (QED) is 0.153. The van der Waals surface area contributed by atoms with Crippen LogP contribution in [0.3, 0.4) is 0 Å². The number of fused-ring (bicyclic) bond motifs is 1. The first-order chi connectivity index (χ1) is 16.6. The first-order valence-electron chi connectivity index (χ1n) is 11.6. The zero-order valence-electron chi connectivity index (χ0n) is 21.3. The number of hydrogen-bond acceptors (Lipinski definition) is 8. The van der Waals surface area contributed by atoms with Crippen LogP contribution in [-0.4, -0.2) is 54.5 Å². The second kappa shape index (κ2) is 12.3. The molecular weight excluding hydrogens is 500 g/mol. The summed E-state index contributed by atoms with van der Waals surface area (Å²) < 4.78 is 11.0. The molecule has 0 spiro atoms. The lowest BCUT2D eigenvalue weighted by molar-refractivity contribution is -0.140. The van der Waals surface area contributed by atoms with Gasteiger partial charge in [0.25, 0.3) is 0 Å². The Morgan fingerprint density at radius 3 is 2.54 bits per heavy atom. The third-order valence-corrected chi connectivity index (χ3v) is 9.19. The highest BCUT2D eigenvalue weighted by Crippen LogP contribution is 2.42. The summed E-state index contributed by atoms with van der Waals surface area (Å²) in [6.07, 6.45) is 1.66. The van der Waals surface area contributed by atoms with Crippen LogP contribution in [0.25, 0.3) is 21.7 Å². The van der Waals surface area contributed by atoms with Crippen molar-refractivity contribution >= 4 is 57.7 Å². The minimum Gasteiger partial charge on any atom is -0.469 e. The Morgan fingerprint density at radius 1 is 1.14 bits per heavy atom. The van der Waals surface area contributed by atoms with E-state index in [2.05, 4.69) is 44.4 Å². The number of rotatable bonds is 11. The average Bonchev–Trinajstić information content (AvgIpc) is 3.46. The summed E-state index contributed by atoms with van der Waals surface area (Å²) in [5, 5.41) is 4.02. The Bertz CT molecular complexity index is 1150. The van der Waals surface area contributed by atoms with E-state index in [4.69, 9.17) is 14.1 Å². The number of aromatic nitrogens is 1. The van der Waals surface area contributed by atoms with Crippen molar-refractivity contribution < 1.29 is 18.7 Å². The molecule has 1 aromatic carbocycles. The minimum atomic E-state index is -0.185. The van der Waals surface area contributed by atoms with Gasteiger partial charge in [0.1, 0.15) is 5.58 Å². The largest absolute Gasteiger partial charge is 0.469 e. The first-order valence-corrected chi connectivity index (χ1v) is 14.6. The molecular formula is C26H34N2O4S3. The Morgan fingerprint density at radius 2 is 1.89 bits per heavy atom. The molecule has 0 fully saturated rings. The maximum atomic E-state index is 12.0. The van der Waals surface area contributed by atoms with E-state index in [1.807, 2.05) is 6.07 Å². The molecule has 0 aliphatic heterocycles. The SMILES string of the molecule is COC(=O)CCCSC(SCCC(=O)N(C)C)c1ccc2oc(-c3nc(C(C)(C)C)cs3)cc2c1. The van der Waals surface area contributed by atoms with E-state index < -0.39 is 0 Å². The van der Waals surface area contributed by atoms with Crippen LogP contribution in [0.1, 0.15) is 55.9 Å². The van der Waals surface area contributed by atoms with Gasteiger partial charge in [0.15, 0.2) is 10.8 Å². The van der Waals surface area contributed by atoms with Gasteiger partial charge in [-0.25, -0.2) is 4.98 Å². The molecule has 0 radical (unpaired) electrons. The van der Waals surface area contributed by atoms with Gasteiger partial charge in [0, 0.05) is 48.9 Å². The number of carbonyl (C=O) groups excluding carboxylic acids is 2. The fourth-order valence-corrected chi connectivity index (χ4v) is 6.94. The summed E-state index contributed by atoms with van der Waals surface area (Å²) in [5.41, 5.74) is 3.06. The molecule has 190 valence electrons. The van der Waals surface area contributed by atoms with Crippen molar-refractivity contribution in [2.75, 3.05) is 32.7 Å². The normalized spacial score (nSPS) is 12.6. The highest BCUT2D eigenvalue weighted by atomic mass is 32.2. The zero-order chi connectivity index (χ0) is 25.6. The van der Waals surface area contributed by atoms with Crippen LogP contribution in [0.2, 0.25) is 0 Å². The van der Waals surface area contributed by atoms with Gasteiger partial charge in [0.05, 0.1) is 17.4 Å². The molecule has 6 nitrogen and oxygen atoms in total. The Kier molecular flexibility index (Phi) is 9.72.